The third-order valence-electron chi connectivity index (χ3n) is 3.47. The Hall–Kier alpha value is -2.75. The van der Waals surface area contributed by atoms with Crippen LogP contribution in [-0.2, 0) is 20.7 Å². The fraction of sp³-hybridized carbons (Fsp3) is 0.167. The molecular weight excluding hydrogens is 331 g/mol. The second-order valence-corrected chi connectivity index (χ2v) is 5.24. The number of anilines is 2. The molecule has 0 aliphatic heterocycles. The molecule has 2 aromatic rings. The van der Waals surface area contributed by atoms with Gasteiger partial charge in [-0.15, -0.1) is 0 Å². The van der Waals surface area contributed by atoms with Gasteiger partial charge in [0, 0.05) is 11.4 Å². The Morgan fingerprint density at radius 3 is 2.00 bits per heavy atom. The molecule has 0 aromatic heterocycles. The van der Waals surface area contributed by atoms with Gasteiger partial charge in [-0.2, -0.15) is 0 Å². The van der Waals surface area contributed by atoms with Gasteiger partial charge in [-0.25, -0.2) is 4.79 Å². The molecule has 0 heterocycles. The van der Waals surface area contributed by atoms with Crippen LogP contribution in [-0.4, -0.2) is 25.1 Å². The minimum absolute atomic E-state index is 0. The first-order valence-corrected chi connectivity index (χ1v) is 7.50. The van der Waals surface area contributed by atoms with Crippen LogP contribution in [0.15, 0.2) is 54.6 Å². The molecule has 2 rings (SSSR count). The summed E-state index contributed by atoms with van der Waals surface area (Å²) >= 11 is 0. The monoisotopic (exact) mass is 348 g/mol. The van der Waals surface area contributed by atoms with Crippen LogP contribution in [0.25, 0.3) is 0 Å². The number of carboxylic acids is 1. The van der Waals surface area contributed by atoms with Crippen molar-refractivity contribution in [1.82, 2.24) is 0 Å². The summed E-state index contributed by atoms with van der Waals surface area (Å²) in [7, 11) is 1.25. The van der Waals surface area contributed by atoms with E-state index in [1.54, 1.807) is 36.4 Å². The van der Waals surface area contributed by atoms with Crippen LogP contribution in [0.1, 0.15) is 5.56 Å². The Labute approximate surface area is 162 Å². The molecule has 1 atom stereocenters. The van der Waals surface area contributed by atoms with Crippen molar-refractivity contribution in [2.75, 3.05) is 17.7 Å². The fourth-order valence-electron chi connectivity index (χ4n) is 2.17. The second-order valence-electron chi connectivity index (χ2n) is 5.24. The normalized spacial score (nSPS) is 10.8. The van der Waals surface area contributed by atoms with Crippen LogP contribution < -0.4 is 34.6 Å². The van der Waals surface area contributed by atoms with Crippen LogP contribution in [0.4, 0.5) is 16.2 Å². The molecule has 2 amide bonds. The minimum atomic E-state index is -1.44. The molecule has 7 nitrogen and oxygen atoms in total. The molecule has 0 saturated heterocycles. The summed E-state index contributed by atoms with van der Waals surface area (Å²) in [4.78, 5) is 34.7. The SMILES string of the molecule is COC(=O)Nc1ccc(NC(=O)C(Cc2ccccc2)C(=O)[O-])cc1.[Li+]. The summed E-state index contributed by atoms with van der Waals surface area (Å²) in [5.41, 5.74) is 1.61. The zero-order chi connectivity index (χ0) is 18.2. The number of hydrogen-bond donors (Lipinski definition) is 2. The van der Waals surface area contributed by atoms with Gasteiger partial charge in [-0.1, -0.05) is 30.3 Å². The summed E-state index contributed by atoms with van der Waals surface area (Å²) in [6, 6.07) is 15.0. The third-order valence-corrected chi connectivity index (χ3v) is 3.47. The van der Waals surface area contributed by atoms with Gasteiger partial charge >= 0.3 is 25.0 Å². The molecule has 0 aliphatic carbocycles. The van der Waals surface area contributed by atoms with E-state index in [0.29, 0.717) is 11.4 Å². The number of nitrogens with one attached hydrogen (secondary N) is 2. The second kappa shape index (κ2) is 10.3. The predicted octanol–water partition coefficient (Wildman–Crippen LogP) is -1.58. The number of carbonyl (C=O) groups excluding carboxylic acids is 3. The van der Waals surface area contributed by atoms with E-state index >= 15 is 0 Å². The Kier molecular flexibility index (Phi) is 8.42. The Morgan fingerprint density at radius 2 is 1.50 bits per heavy atom. The number of carbonyl (C=O) groups is 3. The number of ether oxygens (including phenoxy) is 1. The van der Waals surface area contributed by atoms with Crippen LogP contribution >= 0.6 is 0 Å². The van der Waals surface area contributed by atoms with Gasteiger partial charge < -0.3 is 20.0 Å². The van der Waals surface area contributed by atoms with E-state index in [1.165, 1.54) is 19.2 Å². The molecule has 0 spiro atoms. The predicted molar refractivity (Wildman–Crippen MR) is 89.7 cm³/mol. The maximum Gasteiger partial charge on any atom is 1.00 e. The van der Waals surface area contributed by atoms with Crippen molar-refractivity contribution < 1.29 is 43.1 Å². The van der Waals surface area contributed by atoms with E-state index < -0.39 is 23.9 Å². The van der Waals surface area contributed by atoms with Crippen LogP contribution in [0.2, 0.25) is 0 Å². The van der Waals surface area contributed by atoms with Crippen LogP contribution in [0.5, 0.6) is 0 Å². The van der Waals surface area contributed by atoms with Gasteiger partial charge in [0.15, 0.2) is 0 Å². The van der Waals surface area contributed by atoms with E-state index in [2.05, 4.69) is 15.4 Å². The molecule has 0 saturated carbocycles. The van der Waals surface area contributed by atoms with Crippen molar-refractivity contribution in [3.8, 4) is 0 Å². The zero-order valence-electron chi connectivity index (χ0n) is 14.5. The smallest absolute Gasteiger partial charge is 0.549 e. The van der Waals surface area contributed by atoms with Gasteiger partial charge in [0.2, 0.25) is 5.91 Å². The first-order chi connectivity index (χ1) is 12.0. The number of methoxy groups -OCH3 is 1. The summed E-state index contributed by atoms with van der Waals surface area (Å²) in [5, 5.41) is 16.3. The van der Waals surface area contributed by atoms with Crippen LogP contribution in [0.3, 0.4) is 0 Å². The van der Waals surface area contributed by atoms with Crippen molar-refractivity contribution in [1.29, 1.82) is 0 Å². The van der Waals surface area contributed by atoms with E-state index in [-0.39, 0.29) is 25.3 Å². The third kappa shape index (κ3) is 6.28. The number of carboxylic acid groups (broad SMARTS) is 1. The van der Waals surface area contributed by atoms with Crippen molar-refractivity contribution in [3.63, 3.8) is 0 Å². The fourth-order valence-corrected chi connectivity index (χ4v) is 2.17. The molecule has 1 unspecified atom stereocenters. The van der Waals surface area contributed by atoms with E-state index in [4.69, 9.17) is 0 Å². The molecule has 2 aromatic carbocycles. The van der Waals surface area contributed by atoms with Crippen molar-refractivity contribution in [2.24, 2.45) is 5.92 Å². The molecule has 0 radical (unpaired) electrons. The molecule has 26 heavy (non-hydrogen) atoms. The van der Waals surface area contributed by atoms with Crippen molar-refractivity contribution in [3.05, 3.63) is 60.2 Å². The van der Waals surface area contributed by atoms with Gasteiger partial charge in [0.05, 0.1) is 19.0 Å². The standard InChI is InChI=1S/C18H18N2O5.Li/c1-25-18(24)20-14-9-7-13(8-10-14)19-16(21)15(17(22)23)11-12-5-3-2-4-6-12;/h2-10,15H,11H2,1H3,(H,19,21)(H,20,24)(H,22,23);/q;+1/p-1. The average Bonchev–Trinajstić information content (AvgIpc) is 2.61. The Morgan fingerprint density at radius 1 is 0.962 bits per heavy atom. The average molecular weight is 348 g/mol. The summed E-state index contributed by atoms with van der Waals surface area (Å²) < 4.78 is 4.47. The van der Waals surface area contributed by atoms with Gasteiger partial charge in [0.1, 0.15) is 0 Å². The molecule has 0 fully saturated rings. The van der Waals surface area contributed by atoms with Crippen LogP contribution in [0, 0.1) is 5.92 Å². The number of rotatable bonds is 6. The Bertz CT molecular complexity index is 750. The quantitative estimate of drug-likeness (QED) is 0.484. The topological polar surface area (TPSA) is 108 Å². The number of benzene rings is 2. The number of aliphatic carboxylic acids is 1. The van der Waals surface area contributed by atoms with Gasteiger partial charge in [0.25, 0.3) is 0 Å². The summed E-state index contributed by atoms with van der Waals surface area (Å²) in [5.74, 6) is -3.42. The van der Waals surface area contributed by atoms with E-state index in [1.807, 2.05) is 6.07 Å². The molecule has 0 bridgehead atoms. The van der Waals surface area contributed by atoms with Gasteiger partial charge in [-0.3, -0.25) is 10.1 Å². The maximum absolute atomic E-state index is 12.2. The molecule has 130 valence electrons. The number of hydrogen-bond acceptors (Lipinski definition) is 5. The molecule has 0 aliphatic rings. The minimum Gasteiger partial charge on any atom is -0.549 e. The zero-order valence-corrected chi connectivity index (χ0v) is 14.5. The molecule has 8 heteroatoms. The van der Waals surface area contributed by atoms with Gasteiger partial charge in [-0.05, 0) is 36.2 Å². The number of amides is 2. The van der Waals surface area contributed by atoms with E-state index in [9.17, 15) is 19.5 Å². The van der Waals surface area contributed by atoms with Crippen molar-refractivity contribution >= 4 is 29.3 Å². The molecular formula is C18H17LiN2O5. The largest absolute Gasteiger partial charge is 1.00 e. The summed E-state index contributed by atoms with van der Waals surface area (Å²) in [6.07, 6.45) is -0.576. The van der Waals surface area contributed by atoms with Crippen molar-refractivity contribution in [2.45, 2.75) is 6.42 Å². The first-order valence-electron chi connectivity index (χ1n) is 7.50. The summed E-state index contributed by atoms with van der Waals surface area (Å²) in [6.45, 7) is 0. The first kappa shape index (κ1) is 21.3. The Balaban J connectivity index is 0.00000338. The molecule has 2 N–H and O–H groups in total. The maximum atomic E-state index is 12.2. The van der Waals surface area contributed by atoms with E-state index in [0.717, 1.165) is 5.56 Å².